The molecule has 3 rings (SSSR count). The van der Waals surface area contributed by atoms with Crippen LogP contribution >= 0.6 is 0 Å². The third-order valence-electron chi connectivity index (χ3n) is 5.52. The average Bonchev–Trinajstić information content (AvgIpc) is 3.28. The van der Waals surface area contributed by atoms with Crippen LogP contribution in [0.25, 0.3) is 0 Å². The highest BCUT2D eigenvalue weighted by Gasteiger charge is 2.40. The van der Waals surface area contributed by atoms with E-state index in [1.165, 1.54) is 26.1 Å². The number of benzene rings is 1. The van der Waals surface area contributed by atoms with Gasteiger partial charge < -0.3 is 19.9 Å². The molecular formula is C20H24F2N4O8S2. The number of carbonyl (C=O) groups is 2. The van der Waals surface area contributed by atoms with Crippen molar-refractivity contribution in [2.24, 2.45) is 13.0 Å². The van der Waals surface area contributed by atoms with Gasteiger partial charge >= 0.3 is 6.09 Å². The molecule has 0 saturated carbocycles. The minimum Gasteiger partial charge on any atom is -0.465 e. The molecule has 36 heavy (non-hydrogen) atoms. The highest BCUT2D eigenvalue weighted by atomic mass is 32.2. The number of rotatable bonds is 8. The molecule has 2 aromatic rings. The summed E-state index contributed by atoms with van der Waals surface area (Å²) < 4.78 is 85.2. The van der Waals surface area contributed by atoms with Crippen LogP contribution in [0.1, 0.15) is 16.1 Å². The van der Waals surface area contributed by atoms with Gasteiger partial charge in [0, 0.05) is 44.0 Å². The molecule has 0 radical (unpaired) electrons. The van der Waals surface area contributed by atoms with E-state index in [0.717, 1.165) is 28.0 Å². The quantitative estimate of drug-likeness (QED) is 0.411. The number of sulfonamides is 1. The summed E-state index contributed by atoms with van der Waals surface area (Å²) in [5.74, 6) is -3.74. The molecule has 3 N–H and O–H groups in total. The van der Waals surface area contributed by atoms with Crippen LogP contribution in [0.4, 0.5) is 19.3 Å². The first-order chi connectivity index (χ1) is 16.6. The van der Waals surface area contributed by atoms with Gasteiger partial charge in [-0.05, 0) is 30.7 Å². The predicted octanol–water partition coefficient (Wildman–Crippen LogP) is 1.10. The average molecular weight is 551 g/mol. The minimum absolute atomic E-state index is 0.162. The molecule has 1 aliphatic rings. The Bertz CT molecular complexity index is 1410. The third kappa shape index (κ3) is 6.18. The fourth-order valence-electron chi connectivity index (χ4n) is 3.73. The third-order valence-corrected chi connectivity index (χ3v) is 7.56. The van der Waals surface area contributed by atoms with Crippen LogP contribution in [0.3, 0.4) is 0 Å². The topological polar surface area (TPSA) is 164 Å². The summed E-state index contributed by atoms with van der Waals surface area (Å²) in [6.07, 6.45) is 0.297. The number of hydrogen-bond acceptors (Lipinski definition) is 7. The van der Waals surface area contributed by atoms with Crippen molar-refractivity contribution in [1.82, 2.24) is 14.2 Å². The molecule has 0 unspecified atom stereocenters. The number of amides is 2. The highest BCUT2D eigenvalue weighted by molar-refractivity contribution is 7.89. The summed E-state index contributed by atoms with van der Waals surface area (Å²) in [5, 5.41) is 11.6. The van der Waals surface area contributed by atoms with Crippen LogP contribution < -0.4 is 10.0 Å². The number of anilines is 1. The summed E-state index contributed by atoms with van der Waals surface area (Å²) in [4.78, 5) is 24.0. The molecule has 16 heteroatoms. The van der Waals surface area contributed by atoms with E-state index in [1.807, 2.05) is 0 Å². The van der Waals surface area contributed by atoms with Gasteiger partial charge in [-0.25, -0.2) is 26.7 Å². The van der Waals surface area contributed by atoms with Crippen LogP contribution in [0.5, 0.6) is 0 Å². The van der Waals surface area contributed by atoms with Crippen LogP contribution in [0.15, 0.2) is 29.3 Å². The summed E-state index contributed by atoms with van der Waals surface area (Å²) in [5.41, 5.74) is -0.225. The van der Waals surface area contributed by atoms with Crippen LogP contribution in [0, 0.1) is 24.5 Å². The van der Waals surface area contributed by atoms with Crippen molar-refractivity contribution in [1.29, 1.82) is 0 Å². The van der Waals surface area contributed by atoms with Crippen molar-refractivity contribution in [3.63, 3.8) is 0 Å². The minimum atomic E-state index is -4.63. The maximum absolute atomic E-state index is 15.2. The number of halogens is 2. The second kappa shape index (κ2) is 10.1. The lowest BCUT2D eigenvalue weighted by molar-refractivity contribution is 0.101. The van der Waals surface area contributed by atoms with E-state index in [0.29, 0.717) is 0 Å². The Morgan fingerprint density at radius 2 is 1.86 bits per heavy atom. The van der Waals surface area contributed by atoms with Gasteiger partial charge in [0.2, 0.25) is 10.0 Å². The summed E-state index contributed by atoms with van der Waals surface area (Å²) in [6, 6.07) is 2.55. The lowest BCUT2D eigenvalue weighted by Crippen LogP contribution is -2.42. The molecule has 1 aromatic carbocycles. The van der Waals surface area contributed by atoms with E-state index in [1.54, 1.807) is 0 Å². The number of carboxylic acid groups (broad SMARTS) is 1. The maximum atomic E-state index is 15.2. The first-order valence-corrected chi connectivity index (χ1v) is 13.7. The lowest BCUT2D eigenvalue weighted by Gasteiger charge is -2.18. The van der Waals surface area contributed by atoms with Crippen molar-refractivity contribution < 1.29 is 44.5 Å². The van der Waals surface area contributed by atoms with Gasteiger partial charge in [-0.2, -0.15) is 8.42 Å². The number of nitrogens with zero attached hydrogens (tertiary/aromatic N) is 2. The van der Waals surface area contributed by atoms with Gasteiger partial charge in [-0.1, -0.05) is 0 Å². The molecule has 0 aliphatic carbocycles. The fourth-order valence-corrected chi connectivity index (χ4v) is 5.58. The Labute approximate surface area is 206 Å². The summed E-state index contributed by atoms with van der Waals surface area (Å²) in [7, 11) is -7.27. The largest absolute Gasteiger partial charge is 0.465 e. The Kier molecular flexibility index (Phi) is 7.73. The van der Waals surface area contributed by atoms with Gasteiger partial charge in [0.1, 0.15) is 16.4 Å². The van der Waals surface area contributed by atoms with Gasteiger partial charge in [0.05, 0.1) is 12.9 Å². The van der Waals surface area contributed by atoms with Gasteiger partial charge in [0.25, 0.3) is 16.0 Å². The molecule has 1 aromatic heterocycles. The van der Waals surface area contributed by atoms with Gasteiger partial charge in [-0.15, -0.1) is 0 Å². The Morgan fingerprint density at radius 3 is 2.44 bits per heavy atom. The molecule has 198 valence electrons. The van der Waals surface area contributed by atoms with E-state index in [4.69, 9.17) is 4.18 Å². The molecule has 0 spiro atoms. The zero-order chi connectivity index (χ0) is 27.0. The Hall–Kier alpha value is -3.08. The number of hydrogen-bond donors (Lipinski definition) is 3. The SMILES string of the molecule is Cc1cc(NC(=O)c2c(F)c(S(=O)(=O)N[C@H]3CN(C(=O)O)C[C@H]3COS(C)(=O)=O)cn2C)ccc1F. The van der Waals surface area contributed by atoms with E-state index < -0.39 is 72.9 Å². The molecule has 2 amide bonds. The Balaban J connectivity index is 1.84. The van der Waals surface area contributed by atoms with Crippen molar-refractivity contribution in [2.75, 3.05) is 31.3 Å². The van der Waals surface area contributed by atoms with Crippen molar-refractivity contribution in [3.05, 3.63) is 47.3 Å². The Morgan fingerprint density at radius 1 is 1.19 bits per heavy atom. The molecule has 0 bridgehead atoms. The van der Waals surface area contributed by atoms with Crippen molar-refractivity contribution >= 4 is 37.8 Å². The second-order valence-electron chi connectivity index (χ2n) is 8.35. The second-order valence-corrected chi connectivity index (χ2v) is 11.7. The van der Waals surface area contributed by atoms with Gasteiger partial charge in [-0.3, -0.25) is 8.98 Å². The van der Waals surface area contributed by atoms with E-state index >= 15 is 4.39 Å². The highest BCUT2D eigenvalue weighted by Crippen LogP contribution is 2.25. The van der Waals surface area contributed by atoms with Crippen molar-refractivity contribution in [3.8, 4) is 0 Å². The molecular weight excluding hydrogens is 526 g/mol. The van der Waals surface area contributed by atoms with E-state index in [9.17, 15) is 35.9 Å². The smallest absolute Gasteiger partial charge is 0.407 e. The number of aryl methyl sites for hydroxylation is 2. The number of aromatic nitrogens is 1. The van der Waals surface area contributed by atoms with E-state index in [2.05, 4.69) is 10.0 Å². The predicted molar refractivity (Wildman–Crippen MR) is 122 cm³/mol. The standard InChI is InChI=1S/C20H24F2N4O8S2/c1-11-6-13(4-5-14(11)21)23-19(27)18-17(22)16(9-25(18)2)36(32,33)24-15-8-26(20(28)29)7-12(15)10-34-35(3,30)31/h4-6,9,12,15,24H,7-8,10H2,1-3H3,(H,23,27)(H,28,29)/t12-,15-/m0/s1. The summed E-state index contributed by atoms with van der Waals surface area (Å²) in [6.45, 7) is 0.406. The molecule has 2 heterocycles. The molecule has 1 fully saturated rings. The first kappa shape index (κ1) is 27.5. The number of carbonyl (C=O) groups excluding carboxylic acids is 1. The fraction of sp³-hybridized carbons (Fsp3) is 0.400. The van der Waals surface area contributed by atoms with Gasteiger partial charge in [0.15, 0.2) is 5.82 Å². The number of likely N-dealkylation sites (tertiary alicyclic amines) is 1. The normalized spacial score (nSPS) is 18.4. The summed E-state index contributed by atoms with van der Waals surface area (Å²) >= 11 is 0. The zero-order valence-corrected chi connectivity index (χ0v) is 21.0. The molecule has 1 saturated heterocycles. The first-order valence-electron chi connectivity index (χ1n) is 10.4. The van der Waals surface area contributed by atoms with Crippen LogP contribution in [0.2, 0.25) is 0 Å². The molecule has 1 aliphatic heterocycles. The molecule has 2 atom stereocenters. The lowest BCUT2D eigenvalue weighted by atomic mass is 10.1. The zero-order valence-electron chi connectivity index (χ0n) is 19.4. The van der Waals surface area contributed by atoms with Crippen LogP contribution in [-0.2, 0) is 31.4 Å². The molecule has 12 nitrogen and oxygen atoms in total. The van der Waals surface area contributed by atoms with Crippen molar-refractivity contribution in [2.45, 2.75) is 17.9 Å². The monoisotopic (exact) mass is 550 g/mol. The van der Waals surface area contributed by atoms with E-state index in [-0.39, 0.29) is 24.3 Å². The van der Waals surface area contributed by atoms with Crippen LogP contribution in [-0.4, -0.2) is 75.4 Å². The number of nitrogens with one attached hydrogen (secondary N) is 2. The maximum Gasteiger partial charge on any atom is 0.407 e.